The highest BCUT2D eigenvalue weighted by Crippen LogP contribution is 2.24. The fourth-order valence-electron chi connectivity index (χ4n) is 2.48. The number of rotatable bonds is 4. The van der Waals surface area contributed by atoms with Crippen LogP contribution in [-0.4, -0.2) is 44.6 Å². The number of hydrogen-bond acceptors (Lipinski definition) is 5. The summed E-state index contributed by atoms with van der Waals surface area (Å²) in [4.78, 5) is 2.92. The zero-order chi connectivity index (χ0) is 14.0. The van der Waals surface area contributed by atoms with Gasteiger partial charge in [-0.05, 0) is 37.4 Å². The number of piperidine rings is 1. The first kappa shape index (κ1) is 14.9. The lowest BCUT2D eigenvalue weighted by molar-refractivity contribution is 0.188. The molecule has 2 rings (SSSR count). The van der Waals surface area contributed by atoms with E-state index in [1.54, 1.807) is 11.4 Å². The number of sulfonamides is 1. The quantitative estimate of drug-likeness (QED) is 0.865. The molecule has 1 aliphatic heterocycles. The van der Waals surface area contributed by atoms with Crippen molar-refractivity contribution in [1.29, 1.82) is 0 Å². The monoisotopic (exact) mass is 304 g/mol. The summed E-state index contributed by atoms with van der Waals surface area (Å²) in [5.41, 5.74) is 0. The van der Waals surface area contributed by atoms with Gasteiger partial charge >= 0.3 is 0 Å². The molecule has 1 aromatic rings. The van der Waals surface area contributed by atoms with E-state index in [4.69, 9.17) is 0 Å². The normalized spacial score (nSPS) is 25.6. The van der Waals surface area contributed by atoms with E-state index in [1.165, 1.54) is 11.3 Å². The van der Waals surface area contributed by atoms with Crippen LogP contribution in [0, 0.1) is 5.92 Å². The largest absolute Gasteiger partial charge is 0.391 e. The van der Waals surface area contributed by atoms with E-state index < -0.39 is 10.0 Å². The molecule has 0 aromatic carbocycles. The Kier molecular flexibility index (Phi) is 4.62. The van der Waals surface area contributed by atoms with E-state index in [0.29, 0.717) is 4.88 Å². The molecule has 19 heavy (non-hydrogen) atoms. The predicted molar refractivity (Wildman–Crippen MR) is 75.6 cm³/mol. The van der Waals surface area contributed by atoms with E-state index in [1.807, 2.05) is 7.05 Å². The van der Waals surface area contributed by atoms with Crippen LogP contribution in [0.15, 0.2) is 16.3 Å². The number of hydrogen-bond donors (Lipinski definition) is 2. The lowest BCUT2D eigenvalue weighted by atomic mass is 9.95. The fourth-order valence-corrected chi connectivity index (χ4v) is 5.15. The van der Waals surface area contributed by atoms with E-state index >= 15 is 0 Å². The van der Waals surface area contributed by atoms with Crippen molar-refractivity contribution in [2.75, 3.05) is 20.1 Å². The van der Waals surface area contributed by atoms with Crippen molar-refractivity contribution in [3.05, 3.63) is 16.3 Å². The number of thiophene rings is 1. The summed E-state index contributed by atoms with van der Waals surface area (Å²) in [7, 11) is -1.48. The number of likely N-dealkylation sites (tertiary alicyclic amines) is 1. The third-order valence-electron chi connectivity index (χ3n) is 3.55. The molecule has 2 unspecified atom stereocenters. The van der Waals surface area contributed by atoms with Gasteiger partial charge in [0.05, 0.1) is 11.5 Å². The molecule has 2 heterocycles. The second-order valence-electron chi connectivity index (χ2n) is 5.12. The summed E-state index contributed by atoms with van der Waals surface area (Å²) >= 11 is 1.26. The van der Waals surface area contributed by atoms with E-state index in [0.717, 1.165) is 19.5 Å². The second-order valence-corrected chi connectivity index (χ2v) is 7.81. The van der Waals surface area contributed by atoms with Crippen LogP contribution in [0.5, 0.6) is 0 Å². The summed E-state index contributed by atoms with van der Waals surface area (Å²) < 4.78 is 27.5. The van der Waals surface area contributed by atoms with E-state index in [2.05, 4.69) is 16.5 Å². The van der Waals surface area contributed by atoms with Crippen LogP contribution in [-0.2, 0) is 16.6 Å². The molecule has 108 valence electrons. The van der Waals surface area contributed by atoms with Crippen molar-refractivity contribution in [1.82, 2.24) is 9.62 Å². The van der Waals surface area contributed by atoms with Crippen LogP contribution in [0.4, 0.5) is 0 Å². The van der Waals surface area contributed by atoms with Gasteiger partial charge in [0.25, 0.3) is 0 Å². The lowest BCUT2D eigenvalue weighted by Gasteiger charge is -2.34. The molecule has 7 heteroatoms. The molecule has 1 aromatic heterocycles. The highest BCUT2D eigenvalue weighted by molar-refractivity contribution is 7.89. The third kappa shape index (κ3) is 3.35. The molecular weight excluding hydrogens is 284 g/mol. The average Bonchev–Trinajstić information content (AvgIpc) is 2.82. The van der Waals surface area contributed by atoms with Gasteiger partial charge in [-0.1, -0.05) is 6.92 Å². The van der Waals surface area contributed by atoms with Gasteiger partial charge in [-0.15, -0.1) is 11.3 Å². The molecule has 2 atom stereocenters. The van der Waals surface area contributed by atoms with Crippen molar-refractivity contribution < 1.29 is 13.5 Å². The fraction of sp³-hybridized carbons (Fsp3) is 0.667. The minimum atomic E-state index is -3.53. The molecule has 0 saturated carbocycles. The van der Waals surface area contributed by atoms with Crippen molar-refractivity contribution in [3.63, 3.8) is 0 Å². The molecule has 5 nitrogen and oxygen atoms in total. The SMILES string of the molecule is CC1CN(C)CCC1NS(=O)(=O)c1ccsc1CO. The molecule has 0 aliphatic carbocycles. The van der Waals surface area contributed by atoms with Gasteiger partial charge in [0.2, 0.25) is 10.0 Å². The smallest absolute Gasteiger partial charge is 0.242 e. The average molecular weight is 304 g/mol. The minimum absolute atomic E-state index is 0.0346. The van der Waals surface area contributed by atoms with Gasteiger partial charge < -0.3 is 10.0 Å². The number of nitrogens with zero attached hydrogens (tertiary/aromatic N) is 1. The molecule has 1 saturated heterocycles. The van der Waals surface area contributed by atoms with Crippen molar-refractivity contribution >= 4 is 21.4 Å². The first-order valence-electron chi connectivity index (χ1n) is 6.32. The first-order chi connectivity index (χ1) is 8.94. The summed E-state index contributed by atoms with van der Waals surface area (Å²) in [5, 5.41) is 10.9. The Morgan fingerprint density at radius 2 is 2.32 bits per heavy atom. The molecule has 0 spiro atoms. The van der Waals surface area contributed by atoms with Gasteiger partial charge in [0.15, 0.2) is 0 Å². The zero-order valence-electron chi connectivity index (χ0n) is 11.2. The van der Waals surface area contributed by atoms with Crippen LogP contribution in [0.25, 0.3) is 0 Å². The summed E-state index contributed by atoms with van der Waals surface area (Å²) in [6.45, 7) is 3.61. The first-order valence-corrected chi connectivity index (χ1v) is 8.68. The van der Waals surface area contributed by atoms with E-state index in [9.17, 15) is 13.5 Å². The number of aliphatic hydroxyl groups excluding tert-OH is 1. The van der Waals surface area contributed by atoms with Crippen LogP contribution in [0.1, 0.15) is 18.2 Å². The maximum absolute atomic E-state index is 12.3. The maximum Gasteiger partial charge on any atom is 0.242 e. The zero-order valence-corrected chi connectivity index (χ0v) is 12.8. The topological polar surface area (TPSA) is 69.6 Å². The number of aliphatic hydroxyl groups is 1. The summed E-state index contributed by atoms with van der Waals surface area (Å²) in [5.74, 6) is 0.282. The maximum atomic E-state index is 12.3. The van der Waals surface area contributed by atoms with Crippen LogP contribution < -0.4 is 4.72 Å². The summed E-state index contributed by atoms with van der Waals surface area (Å²) in [6.07, 6.45) is 0.815. The molecule has 0 radical (unpaired) electrons. The Morgan fingerprint density at radius 3 is 2.95 bits per heavy atom. The Bertz CT molecular complexity index is 527. The predicted octanol–water partition coefficient (Wildman–Crippen LogP) is 0.859. The molecule has 1 aliphatic rings. The molecule has 1 fully saturated rings. The van der Waals surface area contributed by atoms with Gasteiger partial charge in [-0.25, -0.2) is 13.1 Å². The Morgan fingerprint density at radius 1 is 1.58 bits per heavy atom. The molecule has 2 N–H and O–H groups in total. The van der Waals surface area contributed by atoms with Gasteiger partial charge in [0.1, 0.15) is 0 Å². The molecular formula is C12H20N2O3S2. The van der Waals surface area contributed by atoms with Crippen LogP contribution in [0.3, 0.4) is 0 Å². The Hall–Kier alpha value is -0.470. The third-order valence-corrected chi connectivity index (χ3v) is 6.16. The van der Waals surface area contributed by atoms with Gasteiger partial charge in [-0.3, -0.25) is 0 Å². The highest BCUT2D eigenvalue weighted by atomic mass is 32.2. The van der Waals surface area contributed by atoms with Crippen molar-refractivity contribution in [3.8, 4) is 0 Å². The van der Waals surface area contributed by atoms with Crippen molar-refractivity contribution in [2.45, 2.75) is 30.9 Å². The minimum Gasteiger partial charge on any atom is -0.391 e. The lowest BCUT2D eigenvalue weighted by Crippen LogP contribution is -2.48. The van der Waals surface area contributed by atoms with Gasteiger partial charge in [0, 0.05) is 17.5 Å². The van der Waals surface area contributed by atoms with Crippen molar-refractivity contribution in [2.24, 2.45) is 5.92 Å². The standard InChI is InChI=1S/C12H20N2O3S2/c1-9-7-14(2)5-3-10(9)13-19(16,17)12-4-6-18-11(12)8-15/h4,6,9-10,13,15H,3,5,7-8H2,1-2H3. The van der Waals surface area contributed by atoms with Crippen LogP contribution in [0.2, 0.25) is 0 Å². The second kappa shape index (κ2) is 5.88. The molecule has 0 bridgehead atoms. The Balaban J connectivity index is 2.14. The highest BCUT2D eigenvalue weighted by Gasteiger charge is 2.29. The van der Waals surface area contributed by atoms with Crippen LogP contribution >= 0.6 is 11.3 Å². The van der Waals surface area contributed by atoms with E-state index in [-0.39, 0.29) is 23.5 Å². The Labute approximate surface area is 118 Å². The summed E-state index contributed by atoms with van der Waals surface area (Å²) in [6, 6.07) is 1.52. The van der Waals surface area contributed by atoms with Gasteiger partial charge in [-0.2, -0.15) is 0 Å². The molecule has 0 amide bonds. The number of nitrogens with one attached hydrogen (secondary N) is 1.